The summed E-state index contributed by atoms with van der Waals surface area (Å²) in [4.78, 5) is 4.37. The van der Waals surface area contributed by atoms with Gasteiger partial charge in [0, 0.05) is 32.1 Å². The molecule has 0 spiro atoms. The molecule has 2 rings (SSSR count). The SMILES string of the molecule is CC1NC(CN)Cc2ncn(C)c21. The summed E-state index contributed by atoms with van der Waals surface area (Å²) in [5, 5.41) is 3.46. The van der Waals surface area contributed by atoms with Crippen LogP contribution in [-0.2, 0) is 13.5 Å². The number of nitrogens with two attached hydrogens (primary N) is 1. The van der Waals surface area contributed by atoms with Crippen LogP contribution in [-0.4, -0.2) is 22.1 Å². The largest absolute Gasteiger partial charge is 0.336 e. The Morgan fingerprint density at radius 2 is 2.54 bits per heavy atom. The van der Waals surface area contributed by atoms with Crippen LogP contribution in [0.4, 0.5) is 0 Å². The maximum Gasteiger partial charge on any atom is 0.0949 e. The average Bonchev–Trinajstić information content (AvgIpc) is 2.48. The van der Waals surface area contributed by atoms with Crippen molar-refractivity contribution in [3.63, 3.8) is 0 Å². The van der Waals surface area contributed by atoms with Crippen LogP contribution < -0.4 is 11.1 Å². The zero-order valence-electron chi connectivity index (χ0n) is 8.12. The van der Waals surface area contributed by atoms with Gasteiger partial charge in [-0.05, 0) is 6.92 Å². The Bertz CT molecular complexity index is 305. The standard InChI is InChI=1S/C9H16N4/c1-6-9-8(11-5-13(9)2)3-7(4-10)12-6/h5-7,12H,3-4,10H2,1-2H3. The zero-order valence-corrected chi connectivity index (χ0v) is 8.12. The number of fused-ring (bicyclic) bond motifs is 1. The van der Waals surface area contributed by atoms with Gasteiger partial charge in [-0.1, -0.05) is 0 Å². The van der Waals surface area contributed by atoms with Gasteiger partial charge in [-0.3, -0.25) is 0 Å². The van der Waals surface area contributed by atoms with Crippen molar-refractivity contribution in [2.45, 2.75) is 25.4 Å². The molecule has 4 nitrogen and oxygen atoms in total. The van der Waals surface area contributed by atoms with E-state index in [4.69, 9.17) is 5.73 Å². The topological polar surface area (TPSA) is 55.9 Å². The smallest absolute Gasteiger partial charge is 0.0949 e. The lowest BCUT2D eigenvalue weighted by Gasteiger charge is -2.28. The number of aromatic nitrogens is 2. The van der Waals surface area contributed by atoms with Crippen LogP contribution >= 0.6 is 0 Å². The van der Waals surface area contributed by atoms with E-state index in [-0.39, 0.29) is 0 Å². The van der Waals surface area contributed by atoms with E-state index in [1.807, 2.05) is 13.4 Å². The summed E-state index contributed by atoms with van der Waals surface area (Å²) in [6, 6.07) is 0.752. The monoisotopic (exact) mass is 180 g/mol. The number of imidazole rings is 1. The van der Waals surface area contributed by atoms with Gasteiger partial charge >= 0.3 is 0 Å². The van der Waals surface area contributed by atoms with Gasteiger partial charge in [-0.25, -0.2) is 4.98 Å². The van der Waals surface area contributed by atoms with Crippen molar-refractivity contribution < 1.29 is 0 Å². The summed E-state index contributed by atoms with van der Waals surface area (Å²) in [5.74, 6) is 0. The van der Waals surface area contributed by atoms with E-state index in [9.17, 15) is 0 Å². The minimum absolute atomic E-state index is 0.366. The summed E-state index contributed by atoms with van der Waals surface area (Å²) in [6.07, 6.45) is 2.83. The highest BCUT2D eigenvalue weighted by Gasteiger charge is 2.25. The molecule has 0 aromatic carbocycles. The molecule has 1 aromatic heterocycles. The third-order valence-electron chi connectivity index (χ3n) is 2.68. The van der Waals surface area contributed by atoms with Gasteiger partial charge in [0.1, 0.15) is 0 Å². The highest BCUT2D eigenvalue weighted by atomic mass is 15.1. The Morgan fingerprint density at radius 3 is 3.23 bits per heavy atom. The molecule has 0 saturated carbocycles. The molecule has 0 bridgehead atoms. The molecule has 0 saturated heterocycles. The molecule has 1 aliphatic rings. The lowest BCUT2D eigenvalue weighted by molar-refractivity contribution is 0.410. The van der Waals surface area contributed by atoms with E-state index in [2.05, 4.69) is 21.8 Å². The van der Waals surface area contributed by atoms with Gasteiger partial charge in [-0.15, -0.1) is 0 Å². The second-order valence-electron chi connectivity index (χ2n) is 3.71. The van der Waals surface area contributed by atoms with Crippen LogP contribution in [0.15, 0.2) is 6.33 Å². The van der Waals surface area contributed by atoms with Crippen LogP contribution in [0.2, 0.25) is 0 Å². The second kappa shape index (κ2) is 3.12. The van der Waals surface area contributed by atoms with Crippen molar-refractivity contribution in [2.24, 2.45) is 12.8 Å². The molecule has 0 amide bonds. The molecule has 0 aliphatic carbocycles. The van der Waals surface area contributed by atoms with Gasteiger partial charge < -0.3 is 15.6 Å². The van der Waals surface area contributed by atoms with Crippen LogP contribution in [0.1, 0.15) is 24.4 Å². The number of aryl methyl sites for hydroxylation is 1. The molecule has 72 valence electrons. The van der Waals surface area contributed by atoms with E-state index in [0.717, 1.165) is 6.42 Å². The van der Waals surface area contributed by atoms with Crippen LogP contribution in [0.5, 0.6) is 0 Å². The first kappa shape index (κ1) is 8.72. The molecule has 0 radical (unpaired) electrons. The lowest BCUT2D eigenvalue weighted by atomic mass is 10.0. The van der Waals surface area contributed by atoms with Gasteiger partial charge in [0.25, 0.3) is 0 Å². The molecule has 2 unspecified atom stereocenters. The summed E-state index contributed by atoms with van der Waals surface area (Å²) in [5.41, 5.74) is 8.13. The third-order valence-corrected chi connectivity index (χ3v) is 2.68. The van der Waals surface area contributed by atoms with Gasteiger partial charge in [0.15, 0.2) is 0 Å². The van der Waals surface area contributed by atoms with Gasteiger partial charge in [-0.2, -0.15) is 0 Å². The maximum atomic E-state index is 5.63. The van der Waals surface area contributed by atoms with Crippen molar-refractivity contribution in [2.75, 3.05) is 6.54 Å². The highest BCUT2D eigenvalue weighted by molar-refractivity contribution is 5.21. The van der Waals surface area contributed by atoms with E-state index >= 15 is 0 Å². The Kier molecular flexibility index (Phi) is 2.09. The Hall–Kier alpha value is -0.870. The molecule has 4 heteroatoms. The van der Waals surface area contributed by atoms with E-state index in [0.29, 0.717) is 18.6 Å². The van der Waals surface area contributed by atoms with Crippen molar-refractivity contribution in [3.05, 3.63) is 17.7 Å². The molecule has 2 heterocycles. The number of nitrogens with zero attached hydrogens (tertiary/aromatic N) is 2. The number of nitrogens with one attached hydrogen (secondary N) is 1. The predicted molar refractivity (Wildman–Crippen MR) is 51.3 cm³/mol. The van der Waals surface area contributed by atoms with Crippen LogP contribution in [0, 0.1) is 0 Å². The quantitative estimate of drug-likeness (QED) is 0.637. The summed E-state index contributed by atoms with van der Waals surface area (Å²) < 4.78 is 2.08. The molecule has 2 atom stereocenters. The van der Waals surface area contributed by atoms with E-state index < -0.39 is 0 Å². The predicted octanol–water partition coefficient (Wildman–Crippen LogP) is -0.0459. The zero-order chi connectivity index (χ0) is 9.42. The fraction of sp³-hybridized carbons (Fsp3) is 0.667. The molecule has 13 heavy (non-hydrogen) atoms. The van der Waals surface area contributed by atoms with Gasteiger partial charge in [0.2, 0.25) is 0 Å². The minimum atomic E-state index is 0.366. The molecule has 0 fully saturated rings. The summed E-state index contributed by atoms with van der Waals surface area (Å²) in [7, 11) is 2.03. The first-order valence-electron chi connectivity index (χ1n) is 4.68. The van der Waals surface area contributed by atoms with Gasteiger partial charge in [0.05, 0.1) is 17.7 Å². The normalized spacial score (nSPS) is 27.3. The fourth-order valence-corrected chi connectivity index (χ4v) is 2.08. The number of rotatable bonds is 1. The number of hydrogen-bond donors (Lipinski definition) is 2. The van der Waals surface area contributed by atoms with Crippen molar-refractivity contribution in [1.29, 1.82) is 0 Å². The van der Waals surface area contributed by atoms with E-state index in [1.165, 1.54) is 11.4 Å². The minimum Gasteiger partial charge on any atom is -0.336 e. The first-order valence-corrected chi connectivity index (χ1v) is 4.68. The molecule has 1 aromatic rings. The van der Waals surface area contributed by atoms with Crippen molar-refractivity contribution >= 4 is 0 Å². The molecular weight excluding hydrogens is 164 g/mol. The Balaban J connectivity index is 2.33. The van der Waals surface area contributed by atoms with Crippen LogP contribution in [0.3, 0.4) is 0 Å². The van der Waals surface area contributed by atoms with E-state index in [1.54, 1.807) is 0 Å². The Morgan fingerprint density at radius 1 is 1.77 bits per heavy atom. The third kappa shape index (κ3) is 1.36. The molecular formula is C9H16N4. The highest BCUT2D eigenvalue weighted by Crippen LogP contribution is 2.22. The average molecular weight is 180 g/mol. The van der Waals surface area contributed by atoms with Crippen molar-refractivity contribution in [3.8, 4) is 0 Å². The molecule has 1 aliphatic heterocycles. The summed E-state index contributed by atoms with van der Waals surface area (Å²) >= 11 is 0. The maximum absolute atomic E-state index is 5.63. The molecule has 3 N–H and O–H groups in total. The fourth-order valence-electron chi connectivity index (χ4n) is 2.08. The van der Waals surface area contributed by atoms with Crippen molar-refractivity contribution in [1.82, 2.24) is 14.9 Å². The second-order valence-corrected chi connectivity index (χ2v) is 3.71. The van der Waals surface area contributed by atoms with Crippen LogP contribution in [0.25, 0.3) is 0 Å². The first-order chi connectivity index (χ1) is 6.22. The summed E-state index contributed by atoms with van der Waals surface area (Å²) in [6.45, 7) is 2.84. The number of hydrogen-bond acceptors (Lipinski definition) is 3. The Labute approximate surface area is 78.1 Å². The lowest BCUT2D eigenvalue weighted by Crippen LogP contribution is -2.43.